The first kappa shape index (κ1) is 26.8. The minimum Gasteiger partial charge on any atom is -0.277 e. The fourth-order valence-corrected chi connectivity index (χ4v) is 8.96. The van der Waals surface area contributed by atoms with Crippen LogP contribution in [0.25, 0.3) is 42.2 Å². The van der Waals surface area contributed by atoms with Gasteiger partial charge in [-0.2, -0.15) is 0 Å². The van der Waals surface area contributed by atoms with Crippen molar-refractivity contribution in [3.05, 3.63) is 94.7 Å². The van der Waals surface area contributed by atoms with E-state index < -0.39 is 20.0 Å². The summed E-state index contributed by atoms with van der Waals surface area (Å²) in [5, 5.41) is 5.95. The Morgan fingerprint density at radius 2 is 0.952 bits per heavy atom. The van der Waals surface area contributed by atoms with E-state index >= 15 is 0 Å². The Labute approximate surface area is 249 Å². The highest BCUT2D eigenvalue weighted by Gasteiger charge is 2.22. The van der Waals surface area contributed by atoms with Crippen molar-refractivity contribution in [3.8, 4) is 0 Å². The first-order chi connectivity index (χ1) is 20.1. The van der Waals surface area contributed by atoms with Crippen molar-refractivity contribution >= 4 is 96.3 Å². The van der Waals surface area contributed by atoms with E-state index in [-0.39, 0.29) is 21.2 Å². The molecule has 0 radical (unpaired) electrons. The zero-order chi connectivity index (χ0) is 29.2. The van der Waals surface area contributed by atoms with Gasteiger partial charge in [0.25, 0.3) is 20.0 Å². The number of sulfonamides is 2. The molecule has 7 aromatic rings. The van der Waals surface area contributed by atoms with E-state index in [0.717, 1.165) is 31.3 Å². The Morgan fingerprint density at radius 3 is 1.33 bits per heavy atom. The van der Waals surface area contributed by atoms with Crippen LogP contribution in [0.5, 0.6) is 0 Å². The standard InChI is InChI=1S/C30H22N4O4S4/c1-17-3-7-19(8-4-17)41(35,36)33-25-15-23-24(16-26(25)34-42(37,38)20-9-5-18(2)6-10-20)32-28-22-12-14-40-30(22)29-21(11-13-39-29)27(28)31-23/h3-16,33-34H,1-2H3. The van der Waals surface area contributed by atoms with Gasteiger partial charge in [-0.3, -0.25) is 9.44 Å². The minimum absolute atomic E-state index is 0.0329. The molecule has 3 heterocycles. The maximum absolute atomic E-state index is 13.4. The lowest BCUT2D eigenvalue weighted by atomic mass is 10.1. The van der Waals surface area contributed by atoms with Gasteiger partial charge in [0.05, 0.1) is 52.6 Å². The molecule has 0 atom stereocenters. The highest BCUT2D eigenvalue weighted by atomic mass is 32.2. The van der Waals surface area contributed by atoms with Gasteiger partial charge in [-0.15, -0.1) is 22.7 Å². The highest BCUT2D eigenvalue weighted by molar-refractivity contribution is 7.93. The third kappa shape index (κ3) is 4.56. The monoisotopic (exact) mass is 630 g/mol. The van der Waals surface area contributed by atoms with Crippen LogP contribution < -0.4 is 9.44 Å². The second kappa shape index (κ2) is 9.73. The molecule has 0 amide bonds. The third-order valence-corrected chi connectivity index (χ3v) is 11.8. The van der Waals surface area contributed by atoms with Crippen LogP contribution in [0, 0.1) is 13.8 Å². The van der Waals surface area contributed by atoms with Crippen LogP contribution in [-0.2, 0) is 20.0 Å². The number of nitrogens with one attached hydrogen (secondary N) is 2. The lowest BCUT2D eigenvalue weighted by molar-refractivity contribution is 0.599. The molecule has 210 valence electrons. The number of benzene rings is 4. The van der Waals surface area contributed by atoms with Crippen LogP contribution in [0.1, 0.15) is 11.1 Å². The van der Waals surface area contributed by atoms with Crippen molar-refractivity contribution in [2.45, 2.75) is 23.6 Å². The van der Waals surface area contributed by atoms with Crippen molar-refractivity contribution in [3.63, 3.8) is 0 Å². The molecule has 0 aliphatic rings. The van der Waals surface area contributed by atoms with Crippen molar-refractivity contribution < 1.29 is 16.8 Å². The van der Waals surface area contributed by atoms with Gasteiger partial charge in [0, 0.05) is 10.8 Å². The Bertz CT molecular complexity index is 2230. The van der Waals surface area contributed by atoms with E-state index in [1.54, 1.807) is 46.9 Å². The topological polar surface area (TPSA) is 118 Å². The van der Waals surface area contributed by atoms with Gasteiger partial charge in [0.1, 0.15) is 0 Å². The van der Waals surface area contributed by atoms with Crippen LogP contribution >= 0.6 is 22.7 Å². The molecule has 0 aliphatic heterocycles. The number of hydrogen-bond donors (Lipinski definition) is 2. The minimum atomic E-state index is -4.07. The number of anilines is 2. The summed E-state index contributed by atoms with van der Waals surface area (Å²) in [5.41, 5.74) is 4.13. The van der Waals surface area contributed by atoms with E-state index in [1.807, 2.05) is 36.7 Å². The van der Waals surface area contributed by atoms with Crippen molar-refractivity contribution in [1.82, 2.24) is 9.97 Å². The zero-order valence-electron chi connectivity index (χ0n) is 22.2. The average molecular weight is 631 g/mol. The summed E-state index contributed by atoms with van der Waals surface area (Å²) in [6.07, 6.45) is 0. The summed E-state index contributed by atoms with van der Waals surface area (Å²) in [6.45, 7) is 3.73. The molecule has 0 saturated heterocycles. The summed E-state index contributed by atoms with van der Waals surface area (Å²) in [6, 6.07) is 19.9. The van der Waals surface area contributed by atoms with Crippen molar-refractivity contribution in [1.29, 1.82) is 0 Å². The molecule has 2 N–H and O–H groups in total. The normalized spacial score (nSPS) is 12.4. The van der Waals surface area contributed by atoms with Gasteiger partial charge < -0.3 is 0 Å². The lowest BCUT2D eigenvalue weighted by Gasteiger charge is -2.16. The molecule has 42 heavy (non-hydrogen) atoms. The number of rotatable bonds is 6. The van der Waals surface area contributed by atoms with E-state index in [1.165, 1.54) is 36.4 Å². The predicted octanol–water partition coefficient (Wildman–Crippen LogP) is 7.43. The first-order valence-corrected chi connectivity index (χ1v) is 17.5. The molecule has 3 aromatic heterocycles. The fraction of sp³-hybridized carbons (Fsp3) is 0.0667. The van der Waals surface area contributed by atoms with Crippen LogP contribution in [0.3, 0.4) is 0 Å². The van der Waals surface area contributed by atoms with Gasteiger partial charge in [0.15, 0.2) is 0 Å². The quantitative estimate of drug-likeness (QED) is 0.185. The number of thiophene rings is 2. The molecule has 12 heteroatoms. The van der Waals surface area contributed by atoms with Crippen molar-refractivity contribution in [2.24, 2.45) is 0 Å². The van der Waals surface area contributed by atoms with Crippen LogP contribution in [-0.4, -0.2) is 26.8 Å². The first-order valence-electron chi connectivity index (χ1n) is 12.8. The summed E-state index contributed by atoms with van der Waals surface area (Å²) >= 11 is 3.27. The van der Waals surface area contributed by atoms with Gasteiger partial charge in [0.2, 0.25) is 0 Å². The second-order valence-corrected chi connectivity index (χ2v) is 15.2. The smallest absolute Gasteiger partial charge is 0.261 e. The number of aromatic nitrogens is 2. The maximum Gasteiger partial charge on any atom is 0.261 e. The molecule has 0 unspecified atom stereocenters. The number of aryl methyl sites for hydroxylation is 2. The summed E-state index contributed by atoms with van der Waals surface area (Å²) in [4.78, 5) is 9.94. The number of nitrogens with zero attached hydrogens (tertiary/aromatic N) is 2. The number of fused-ring (bicyclic) bond motifs is 7. The Kier molecular flexibility index (Phi) is 6.21. The van der Waals surface area contributed by atoms with E-state index in [9.17, 15) is 16.8 Å². The summed E-state index contributed by atoms with van der Waals surface area (Å²) < 4.78 is 61.1. The Hall–Kier alpha value is -4.10. The predicted molar refractivity (Wildman–Crippen MR) is 172 cm³/mol. The highest BCUT2D eigenvalue weighted by Crippen LogP contribution is 2.40. The SMILES string of the molecule is Cc1ccc(S(=O)(=O)Nc2cc3nc4c5ccsc5c5sccc5c4nc3cc2NS(=O)(=O)c2ccc(C)cc2)cc1. The maximum atomic E-state index is 13.4. The lowest BCUT2D eigenvalue weighted by Crippen LogP contribution is -2.18. The summed E-state index contributed by atoms with van der Waals surface area (Å²) in [7, 11) is -8.13. The van der Waals surface area contributed by atoms with E-state index in [0.29, 0.717) is 22.1 Å². The van der Waals surface area contributed by atoms with Crippen LogP contribution in [0.2, 0.25) is 0 Å². The second-order valence-electron chi connectivity index (χ2n) is 9.97. The molecule has 0 spiro atoms. The van der Waals surface area contributed by atoms with Gasteiger partial charge in [-0.1, -0.05) is 35.4 Å². The molecule has 8 nitrogen and oxygen atoms in total. The van der Waals surface area contributed by atoms with Crippen molar-refractivity contribution in [2.75, 3.05) is 9.44 Å². The fourth-order valence-electron chi connectivity index (χ4n) is 4.83. The molecular weight excluding hydrogens is 609 g/mol. The Morgan fingerprint density at radius 1 is 0.571 bits per heavy atom. The average Bonchev–Trinajstić information content (AvgIpc) is 3.63. The molecule has 0 aliphatic carbocycles. The molecule has 7 rings (SSSR count). The van der Waals surface area contributed by atoms with Gasteiger partial charge in [-0.25, -0.2) is 26.8 Å². The third-order valence-electron chi connectivity index (χ3n) is 7.00. The Balaban J connectivity index is 1.44. The van der Waals surface area contributed by atoms with Gasteiger partial charge in [-0.05, 0) is 73.1 Å². The summed E-state index contributed by atoms with van der Waals surface area (Å²) in [5.74, 6) is 0. The number of hydrogen-bond acceptors (Lipinski definition) is 8. The zero-order valence-corrected chi connectivity index (χ0v) is 25.5. The molecule has 0 bridgehead atoms. The largest absolute Gasteiger partial charge is 0.277 e. The van der Waals surface area contributed by atoms with E-state index in [2.05, 4.69) is 9.44 Å². The molecular formula is C30H22N4O4S4. The molecule has 0 saturated carbocycles. The van der Waals surface area contributed by atoms with E-state index in [4.69, 9.17) is 9.97 Å². The van der Waals surface area contributed by atoms with Crippen LogP contribution in [0.4, 0.5) is 11.4 Å². The molecule has 0 fully saturated rings. The molecule has 4 aromatic carbocycles. The van der Waals surface area contributed by atoms with Crippen LogP contribution in [0.15, 0.2) is 93.3 Å². The van der Waals surface area contributed by atoms with Gasteiger partial charge >= 0.3 is 0 Å².